The Balaban J connectivity index is 1.91. The van der Waals surface area contributed by atoms with Gasteiger partial charge < -0.3 is 18.6 Å². The second-order valence-corrected chi connectivity index (χ2v) is 18.9. The molecule has 0 bridgehead atoms. The Hall–Kier alpha value is -2.25. The van der Waals surface area contributed by atoms with Gasteiger partial charge in [0.15, 0.2) is 8.32 Å². The molecule has 0 N–H and O–H groups in total. The maximum absolute atomic E-state index is 6.83. The molecule has 2 aromatic rings. The Labute approximate surface area is 276 Å². The van der Waals surface area contributed by atoms with Crippen molar-refractivity contribution in [1.29, 1.82) is 0 Å². The molecule has 0 radical (unpaired) electrons. The van der Waals surface area contributed by atoms with Crippen molar-refractivity contribution in [1.82, 2.24) is 0 Å². The van der Waals surface area contributed by atoms with E-state index in [1.165, 1.54) is 44.9 Å². The number of nitrogens with zero attached hydrogens (tertiary/aromatic N) is 1. The number of ether oxygens (including phenoxy) is 3. The van der Waals surface area contributed by atoms with Crippen molar-refractivity contribution in [3.8, 4) is 0 Å². The van der Waals surface area contributed by atoms with Gasteiger partial charge in [0.1, 0.15) is 6.04 Å². The fourth-order valence-corrected chi connectivity index (χ4v) is 6.53. The Bertz CT molecular complexity index is 1100. The Kier molecular flexibility index (Phi) is 15.5. The predicted molar refractivity (Wildman–Crippen MR) is 192 cm³/mol. The van der Waals surface area contributed by atoms with Gasteiger partial charge in [-0.1, -0.05) is 146 Å². The summed E-state index contributed by atoms with van der Waals surface area (Å²) in [5.41, 5.74) is 3.04. The fraction of sp³-hybridized carbons (Fsp3) is 0.615. The van der Waals surface area contributed by atoms with E-state index in [-0.39, 0.29) is 29.2 Å². The van der Waals surface area contributed by atoms with Crippen LogP contribution < -0.4 is 0 Å². The highest BCUT2D eigenvalue weighted by molar-refractivity contribution is 6.74. The van der Waals surface area contributed by atoms with Gasteiger partial charge in [0.25, 0.3) is 0 Å². The molecule has 2 aromatic carbocycles. The van der Waals surface area contributed by atoms with E-state index < -0.39 is 14.6 Å². The SMILES string of the molecule is C/C=C\O[C@H]1O[C@H](CO[Si](C)(C)C(C)(C)C)C(C)[C@H](OCCCCCCCCCC)[C@H]1N=C(c1ccccc1)c1ccccc1. The molecular weight excluding hydrogens is 575 g/mol. The van der Waals surface area contributed by atoms with Crippen molar-refractivity contribution in [3.05, 3.63) is 84.1 Å². The Morgan fingerprint density at radius 3 is 1.96 bits per heavy atom. The second-order valence-electron chi connectivity index (χ2n) is 14.1. The van der Waals surface area contributed by atoms with Crippen molar-refractivity contribution < 1.29 is 18.6 Å². The predicted octanol–water partition coefficient (Wildman–Crippen LogP) is 10.4. The van der Waals surface area contributed by atoms with E-state index in [1.807, 2.05) is 25.1 Å². The van der Waals surface area contributed by atoms with Gasteiger partial charge in [-0.05, 0) is 31.5 Å². The summed E-state index contributed by atoms with van der Waals surface area (Å²) in [6.07, 6.45) is 12.8. The third-order valence-corrected chi connectivity index (χ3v) is 14.0. The van der Waals surface area contributed by atoms with Crippen molar-refractivity contribution in [2.24, 2.45) is 10.9 Å². The molecule has 6 heteroatoms. The monoisotopic (exact) mass is 635 g/mol. The van der Waals surface area contributed by atoms with Crippen molar-refractivity contribution in [3.63, 3.8) is 0 Å². The van der Waals surface area contributed by atoms with Crippen LogP contribution in [0.25, 0.3) is 0 Å². The molecule has 1 aliphatic rings. The molecule has 250 valence electrons. The van der Waals surface area contributed by atoms with Crippen LogP contribution in [0.1, 0.15) is 104 Å². The molecule has 0 aliphatic carbocycles. The number of benzene rings is 2. The first-order chi connectivity index (χ1) is 21.6. The summed E-state index contributed by atoms with van der Waals surface area (Å²) in [6.45, 7) is 19.1. The number of unbranched alkanes of at least 4 members (excludes halogenated alkanes) is 7. The largest absolute Gasteiger partial charge is 0.470 e. The highest BCUT2D eigenvalue weighted by Crippen LogP contribution is 2.38. The number of rotatable bonds is 18. The van der Waals surface area contributed by atoms with Gasteiger partial charge in [0.2, 0.25) is 6.29 Å². The van der Waals surface area contributed by atoms with Crippen LogP contribution in [0.2, 0.25) is 18.1 Å². The van der Waals surface area contributed by atoms with Crippen molar-refractivity contribution in [2.45, 2.75) is 136 Å². The molecule has 5 atom stereocenters. The summed E-state index contributed by atoms with van der Waals surface area (Å²) in [5, 5.41) is 0.116. The first kappa shape index (κ1) is 37.2. The normalized spacial score (nSPS) is 22.4. The number of hydrogen-bond donors (Lipinski definition) is 0. The first-order valence-corrected chi connectivity index (χ1v) is 20.4. The van der Waals surface area contributed by atoms with Gasteiger partial charge in [-0.3, -0.25) is 4.99 Å². The van der Waals surface area contributed by atoms with E-state index in [4.69, 9.17) is 23.6 Å². The van der Waals surface area contributed by atoms with E-state index >= 15 is 0 Å². The quantitative estimate of drug-likeness (QED) is 0.0708. The number of allylic oxidation sites excluding steroid dienone is 1. The lowest BCUT2D eigenvalue weighted by molar-refractivity contribution is -0.238. The van der Waals surface area contributed by atoms with Gasteiger partial charge in [0.05, 0.1) is 30.8 Å². The highest BCUT2D eigenvalue weighted by Gasteiger charge is 2.47. The zero-order chi connectivity index (χ0) is 32.7. The number of hydrogen-bond acceptors (Lipinski definition) is 5. The molecule has 1 unspecified atom stereocenters. The average molecular weight is 636 g/mol. The molecule has 0 aromatic heterocycles. The summed E-state index contributed by atoms with van der Waals surface area (Å²) in [7, 11) is -1.98. The molecule has 0 saturated carbocycles. The van der Waals surface area contributed by atoms with E-state index in [0.29, 0.717) is 13.2 Å². The molecule has 1 fully saturated rings. The minimum absolute atomic E-state index is 0.0656. The third kappa shape index (κ3) is 11.5. The van der Waals surface area contributed by atoms with E-state index in [0.717, 1.165) is 23.3 Å². The van der Waals surface area contributed by atoms with Gasteiger partial charge in [0, 0.05) is 23.7 Å². The van der Waals surface area contributed by atoms with Crippen LogP contribution in [0.3, 0.4) is 0 Å². The summed E-state index contributed by atoms with van der Waals surface area (Å²) >= 11 is 0. The van der Waals surface area contributed by atoms with E-state index in [1.54, 1.807) is 6.26 Å². The molecule has 1 aliphatic heterocycles. The van der Waals surface area contributed by atoms with Crippen molar-refractivity contribution >= 4 is 14.0 Å². The topological polar surface area (TPSA) is 49.3 Å². The average Bonchev–Trinajstić information content (AvgIpc) is 3.03. The van der Waals surface area contributed by atoms with Crippen LogP contribution in [-0.2, 0) is 18.6 Å². The maximum Gasteiger partial charge on any atom is 0.224 e. The summed E-state index contributed by atoms with van der Waals surface area (Å²) in [5.74, 6) is 0.0656. The second kappa shape index (κ2) is 18.8. The summed E-state index contributed by atoms with van der Waals surface area (Å²) < 4.78 is 26.6. The van der Waals surface area contributed by atoms with Gasteiger partial charge in [-0.25, -0.2) is 0 Å². The number of aliphatic imine (C=N–C) groups is 1. The fourth-order valence-electron chi connectivity index (χ4n) is 5.52. The van der Waals surface area contributed by atoms with Crippen LogP contribution in [0, 0.1) is 5.92 Å². The van der Waals surface area contributed by atoms with Crippen LogP contribution in [0.5, 0.6) is 0 Å². The standard InChI is InChI=1S/C39H61NO4Si/c1-9-11-12-13-14-15-16-23-29-41-37-31(3)34(30-43-45(7,8)39(4,5)6)44-38(42-28-10-2)36(37)40-35(32-24-19-17-20-25-32)33-26-21-18-22-27-33/h10,17-22,24-28,31,34,36-38H,9,11-16,23,29-30H2,1-8H3/b28-10-/t31?,34-,36-,37+,38+/m1/s1. The Morgan fingerprint density at radius 2 is 1.42 bits per heavy atom. The van der Waals surface area contributed by atoms with Crippen molar-refractivity contribution in [2.75, 3.05) is 13.2 Å². The molecule has 5 nitrogen and oxygen atoms in total. The van der Waals surface area contributed by atoms with Crippen LogP contribution in [0.15, 0.2) is 78.0 Å². The zero-order valence-corrected chi connectivity index (χ0v) is 30.5. The minimum atomic E-state index is -1.98. The van der Waals surface area contributed by atoms with Gasteiger partial charge >= 0.3 is 0 Å². The first-order valence-electron chi connectivity index (χ1n) is 17.4. The molecule has 1 saturated heterocycles. The van der Waals surface area contributed by atoms with Crippen LogP contribution in [0.4, 0.5) is 0 Å². The lowest BCUT2D eigenvalue weighted by atomic mass is 9.88. The summed E-state index contributed by atoms with van der Waals surface area (Å²) in [4.78, 5) is 5.46. The maximum atomic E-state index is 6.83. The molecule has 0 spiro atoms. The summed E-state index contributed by atoms with van der Waals surface area (Å²) in [6, 6.07) is 20.4. The van der Waals surface area contributed by atoms with Gasteiger partial charge in [-0.15, -0.1) is 0 Å². The molecule has 0 amide bonds. The Morgan fingerprint density at radius 1 is 0.867 bits per heavy atom. The lowest BCUT2D eigenvalue weighted by Gasteiger charge is -2.45. The smallest absolute Gasteiger partial charge is 0.224 e. The zero-order valence-electron chi connectivity index (χ0n) is 29.5. The lowest BCUT2D eigenvalue weighted by Crippen LogP contribution is -2.57. The minimum Gasteiger partial charge on any atom is -0.470 e. The molecule has 45 heavy (non-hydrogen) atoms. The van der Waals surface area contributed by atoms with E-state index in [9.17, 15) is 0 Å². The van der Waals surface area contributed by atoms with Crippen LogP contribution >= 0.6 is 0 Å². The van der Waals surface area contributed by atoms with Crippen LogP contribution in [-0.4, -0.2) is 51.8 Å². The van der Waals surface area contributed by atoms with E-state index in [2.05, 4.69) is 96.2 Å². The highest BCUT2D eigenvalue weighted by atomic mass is 28.4. The molecule has 1 heterocycles. The molecule has 3 rings (SSSR count). The van der Waals surface area contributed by atoms with Gasteiger partial charge in [-0.2, -0.15) is 0 Å². The third-order valence-electron chi connectivity index (χ3n) is 9.47. The molecular formula is C39H61NO4Si.